The predicted molar refractivity (Wildman–Crippen MR) is 92.5 cm³/mol. The summed E-state index contributed by atoms with van der Waals surface area (Å²) in [5.74, 6) is -0.0337. The van der Waals surface area contributed by atoms with Gasteiger partial charge in [0.05, 0.1) is 10.5 Å². The topological polar surface area (TPSA) is 92.5 Å². The quantitative estimate of drug-likeness (QED) is 0.654. The van der Waals surface area contributed by atoms with Crippen molar-refractivity contribution in [2.24, 2.45) is 5.92 Å². The van der Waals surface area contributed by atoms with E-state index in [4.69, 9.17) is 0 Å². The van der Waals surface area contributed by atoms with E-state index in [0.717, 1.165) is 18.4 Å². The number of aryl methyl sites for hydroxylation is 2. The molecule has 134 valence electrons. The molecule has 1 saturated carbocycles. The van der Waals surface area contributed by atoms with Crippen LogP contribution in [0.5, 0.6) is 0 Å². The van der Waals surface area contributed by atoms with Gasteiger partial charge in [-0.3, -0.25) is 19.7 Å². The van der Waals surface area contributed by atoms with E-state index in [1.807, 2.05) is 4.90 Å². The van der Waals surface area contributed by atoms with E-state index in [1.165, 1.54) is 0 Å². The zero-order chi connectivity index (χ0) is 18.3. The van der Waals surface area contributed by atoms with E-state index in [2.05, 4.69) is 5.32 Å². The number of carbonyl (C=O) groups excluding carboxylic acids is 2. The number of nitrogens with zero attached hydrogens (tertiary/aromatic N) is 2. The Hall–Kier alpha value is -2.44. The van der Waals surface area contributed by atoms with Gasteiger partial charge >= 0.3 is 0 Å². The highest BCUT2D eigenvalue weighted by molar-refractivity contribution is 5.98. The van der Waals surface area contributed by atoms with Gasteiger partial charge in [0, 0.05) is 42.6 Å². The second kappa shape index (κ2) is 6.46. The van der Waals surface area contributed by atoms with Gasteiger partial charge in [-0.1, -0.05) is 0 Å². The molecule has 0 radical (unpaired) electrons. The lowest BCUT2D eigenvalue weighted by Gasteiger charge is -2.16. The van der Waals surface area contributed by atoms with Crippen LogP contribution in [-0.4, -0.2) is 40.8 Å². The number of rotatable bonds is 5. The Kier molecular flexibility index (Phi) is 4.49. The smallest absolute Gasteiger partial charge is 0.275 e. The fraction of sp³-hybridized carbons (Fsp3) is 0.556. The highest BCUT2D eigenvalue weighted by Gasteiger charge is 2.39. The number of nitro groups is 1. The summed E-state index contributed by atoms with van der Waals surface area (Å²) in [6, 6.07) is 2.07. The summed E-state index contributed by atoms with van der Waals surface area (Å²) in [4.78, 5) is 37.3. The summed E-state index contributed by atoms with van der Waals surface area (Å²) in [5.41, 5.74) is 2.02. The molecule has 1 aliphatic carbocycles. The van der Waals surface area contributed by atoms with Gasteiger partial charge in [0.1, 0.15) is 0 Å². The lowest BCUT2D eigenvalue weighted by atomic mass is 9.96. The van der Waals surface area contributed by atoms with Gasteiger partial charge in [-0.15, -0.1) is 0 Å². The maximum absolute atomic E-state index is 12.6. The molecule has 7 nitrogen and oxygen atoms in total. The van der Waals surface area contributed by atoms with Crippen molar-refractivity contribution in [3.05, 3.63) is 38.4 Å². The minimum atomic E-state index is -0.440. The van der Waals surface area contributed by atoms with Crippen LogP contribution < -0.4 is 5.32 Å². The van der Waals surface area contributed by atoms with Crippen LogP contribution in [0.25, 0.3) is 0 Å². The van der Waals surface area contributed by atoms with Crippen LogP contribution in [0, 0.1) is 36.8 Å². The molecule has 1 atom stereocenters. The van der Waals surface area contributed by atoms with Crippen LogP contribution >= 0.6 is 0 Å². The first-order valence-corrected chi connectivity index (χ1v) is 8.62. The lowest BCUT2D eigenvalue weighted by molar-refractivity contribution is -0.386. The number of hydrogen-bond donors (Lipinski definition) is 1. The Labute approximate surface area is 146 Å². The lowest BCUT2D eigenvalue weighted by Crippen LogP contribution is -2.32. The molecule has 2 aliphatic rings. The summed E-state index contributed by atoms with van der Waals surface area (Å²) in [6.45, 7) is 6.17. The van der Waals surface area contributed by atoms with Crippen molar-refractivity contribution >= 4 is 17.5 Å². The Morgan fingerprint density at radius 2 is 2.00 bits per heavy atom. The Morgan fingerprint density at radius 1 is 1.32 bits per heavy atom. The van der Waals surface area contributed by atoms with Crippen LogP contribution in [-0.2, 0) is 4.79 Å². The van der Waals surface area contributed by atoms with E-state index in [9.17, 15) is 19.7 Å². The number of carbonyl (C=O) groups is 2. The van der Waals surface area contributed by atoms with Crippen LogP contribution in [0.4, 0.5) is 5.69 Å². The van der Waals surface area contributed by atoms with E-state index in [0.29, 0.717) is 42.2 Å². The average Bonchev–Trinajstić information content (AvgIpc) is 3.27. The van der Waals surface area contributed by atoms with Crippen molar-refractivity contribution in [2.45, 2.75) is 46.1 Å². The SMILES string of the molecule is Cc1cc(C)c([N+](=O)[O-])c(C)c1C(=O)NCC1CC(=O)N(C2CC2)C1. The second-order valence-corrected chi connectivity index (χ2v) is 7.17. The molecule has 1 aromatic rings. The van der Waals surface area contributed by atoms with Crippen molar-refractivity contribution in [3.63, 3.8) is 0 Å². The minimum absolute atomic E-state index is 0.00768. The highest BCUT2D eigenvalue weighted by atomic mass is 16.6. The molecule has 25 heavy (non-hydrogen) atoms. The molecule has 7 heteroatoms. The molecule has 0 bridgehead atoms. The van der Waals surface area contributed by atoms with Crippen LogP contribution in [0.2, 0.25) is 0 Å². The zero-order valence-corrected chi connectivity index (χ0v) is 14.8. The van der Waals surface area contributed by atoms with E-state index in [1.54, 1.807) is 26.8 Å². The average molecular weight is 345 g/mol. The van der Waals surface area contributed by atoms with Crippen molar-refractivity contribution < 1.29 is 14.5 Å². The number of likely N-dealkylation sites (tertiary alicyclic amines) is 1. The van der Waals surface area contributed by atoms with Crippen LogP contribution in [0.15, 0.2) is 6.07 Å². The highest BCUT2D eigenvalue weighted by Crippen LogP contribution is 2.32. The van der Waals surface area contributed by atoms with Crippen LogP contribution in [0.1, 0.15) is 46.3 Å². The molecule has 1 N–H and O–H groups in total. The number of hydrogen-bond acceptors (Lipinski definition) is 4. The van der Waals surface area contributed by atoms with Gasteiger partial charge < -0.3 is 10.2 Å². The van der Waals surface area contributed by atoms with Gasteiger partial charge in [0.25, 0.3) is 11.6 Å². The largest absolute Gasteiger partial charge is 0.352 e. The molecule has 0 spiro atoms. The van der Waals surface area contributed by atoms with Gasteiger partial charge in [-0.25, -0.2) is 0 Å². The summed E-state index contributed by atoms with van der Waals surface area (Å²) < 4.78 is 0. The van der Waals surface area contributed by atoms with Crippen molar-refractivity contribution in [1.29, 1.82) is 0 Å². The Balaban J connectivity index is 1.70. The van der Waals surface area contributed by atoms with Crippen molar-refractivity contribution in [1.82, 2.24) is 10.2 Å². The molecule has 1 unspecified atom stereocenters. The summed E-state index contributed by atoms with van der Waals surface area (Å²) in [7, 11) is 0. The standard InChI is InChI=1S/C18H23N3O4/c1-10-6-11(2)17(21(24)25)12(3)16(10)18(23)19-8-13-7-15(22)20(9-13)14-4-5-14/h6,13-14H,4-5,7-9H2,1-3H3,(H,19,23). The van der Waals surface area contributed by atoms with Gasteiger partial charge in [-0.2, -0.15) is 0 Å². The van der Waals surface area contributed by atoms with E-state index < -0.39 is 4.92 Å². The molecule has 1 aliphatic heterocycles. The maximum Gasteiger partial charge on any atom is 0.275 e. The van der Waals surface area contributed by atoms with E-state index >= 15 is 0 Å². The van der Waals surface area contributed by atoms with Crippen molar-refractivity contribution in [2.75, 3.05) is 13.1 Å². The third kappa shape index (κ3) is 3.36. The van der Waals surface area contributed by atoms with Gasteiger partial charge in [0.15, 0.2) is 0 Å². The molecular weight excluding hydrogens is 322 g/mol. The van der Waals surface area contributed by atoms with Gasteiger partial charge in [0.2, 0.25) is 5.91 Å². The first-order valence-electron chi connectivity index (χ1n) is 8.62. The number of nitro benzene ring substituents is 1. The number of amides is 2. The number of benzene rings is 1. The first kappa shape index (κ1) is 17.4. The zero-order valence-electron chi connectivity index (χ0n) is 14.8. The van der Waals surface area contributed by atoms with Gasteiger partial charge in [-0.05, 0) is 45.2 Å². The number of nitrogens with one attached hydrogen (secondary N) is 1. The predicted octanol–water partition coefficient (Wildman–Crippen LogP) is 2.26. The Morgan fingerprint density at radius 3 is 2.60 bits per heavy atom. The normalized spacial score (nSPS) is 20.0. The molecule has 3 rings (SSSR count). The molecule has 2 amide bonds. The van der Waals surface area contributed by atoms with E-state index in [-0.39, 0.29) is 23.4 Å². The van der Waals surface area contributed by atoms with Crippen molar-refractivity contribution in [3.8, 4) is 0 Å². The molecule has 0 aromatic heterocycles. The Bertz CT molecular complexity index is 755. The molecule has 2 fully saturated rings. The monoisotopic (exact) mass is 345 g/mol. The summed E-state index contributed by atoms with van der Waals surface area (Å²) in [6.07, 6.45) is 2.62. The second-order valence-electron chi connectivity index (χ2n) is 7.17. The third-order valence-electron chi connectivity index (χ3n) is 5.12. The fourth-order valence-corrected chi connectivity index (χ4v) is 3.82. The summed E-state index contributed by atoms with van der Waals surface area (Å²) in [5, 5.41) is 14.1. The molecule has 1 saturated heterocycles. The van der Waals surface area contributed by atoms with Crippen LogP contribution in [0.3, 0.4) is 0 Å². The third-order valence-corrected chi connectivity index (χ3v) is 5.12. The fourth-order valence-electron chi connectivity index (χ4n) is 3.82. The summed E-state index contributed by atoms with van der Waals surface area (Å²) >= 11 is 0. The molecule has 1 heterocycles. The molecular formula is C18H23N3O4. The minimum Gasteiger partial charge on any atom is -0.352 e. The first-order chi connectivity index (χ1) is 11.8. The maximum atomic E-state index is 12.6. The molecule has 1 aromatic carbocycles.